The number of pyridine rings is 1. The maximum atomic E-state index is 13.0. The highest BCUT2D eigenvalue weighted by molar-refractivity contribution is 5.92. The fourth-order valence-corrected chi connectivity index (χ4v) is 1.24. The minimum Gasteiger partial charge on any atom is -0.465 e. The van der Waals surface area contributed by atoms with Crippen molar-refractivity contribution >= 4 is 5.97 Å². The SMILES string of the molecule is COC(=O)c1c(C(F)(F)F)ncc(F)c1C(F)F. The first-order valence-corrected chi connectivity index (χ1v) is 4.32. The van der Waals surface area contributed by atoms with Gasteiger partial charge < -0.3 is 4.74 Å². The van der Waals surface area contributed by atoms with E-state index in [1.165, 1.54) is 0 Å². The average Bonchev–Trinajstić information content (AvgIpc) is 2.25. The molecule has 0 N–H and O–H groups in total. The molecule has 0 amide bonds. The Labute approximate surface area is 96.4 Å². The monoisotopic (exact) mass is 273 g/mol. The molecular formula is C9H5F6NO2. The zero-order valence-electron chi connectivity index (χ0n) is 8.69. The second-order valence-corrected chi connectivity index (χ2v) is 3.03. The van der Waals surface area contributed by atoms with Gasteiger partial charge in [-0.3, -0.25) is 0 Å². The molecule has 1 heterocycles. The molecule has 0 bridgehead atoms. The van der Waals surface area contributed by atoms with Crippen molar-refractivity contribution in [2.45, 2.75) is 12.6 Å². The molecule has 0 fully saturated rings. The van der Waals surface area contributed by atoms with Crippen LogP contribution in [0.25, 0.3) is 0 Å². The number of ether oxygens (including phenoxy) is 1. The molecule has 1 aromatic heterocycles. The number of nitrogens with zero attached hydrogens (tertiary/aromatic N) is 1. The van der Waals surface area contributed by atoms with Crippen LogP contribution in [0.5, 0.6) is 0 Å². The van der Waals surface area contributed by atoms with E-state index in [-0.39, 0.29) is 6.20 Å². The summed E-state index contributed by atoms with van der Waals surface area (Å²) in [5.41, 5.74) is -5.20. The zero-order valence-corrected chi connectivity index (χ0v) is 8.69. The van der Waals surface area contributed by atoms with Crippen LogP contribution in [0, 0.1) is 5.82 Å². The summed E-state index contributed by atoms with van der Waals surface area (Å²) in [5, 5.41) is 0. The molecular weight excluding hydrogens is 268 g/mol. The van der Waals surface area contributed by atoms with E-state index in [2.05, 4.69) is 9.72 Å². The van der Waals surface area contributed by atoms with Gasteiger partial charge in [0.15, 0.2) is 11.5 Å². The maximum absolute atomic E-state index is 13.0. The van der Waals surface area contributed by atoms with Crippen molar-refractivity contribution in [1.29, 1.82) is 0 Å². The van der Waals surface area contributed by atoms with Gasteiger partial charge in [-0.2, -0.15) is 13.2 Å². The predicted octanol–water partition coefficient (Wildman–Crippen LogP) is 2.96. The van der Waals surface area contributed by atoms with E-state index in [4.69, 9.17) is 0 Å². The van der Waals surface area contributed by atoms with E-state index in [0.717, 1.165) is 0 Å². The Kier molecular flexibility index (Phi) is 3.82. The molecule has 0 aromatic carbocycles. The van der Waals surface area contributed by atoms with Crippen LogP contribution in [0.4, 0.5) is 26.3 Å². The van der Waals surface area contributed by atoms with Crippen molar-refractivity contribution in [3.05, 3.63) is 28.8 Å². The Hall–Kier alpha value is -1.80. The minimum absolute atomic E-state index is 0.0171. The van der Waals surface area contributed by atoms with E-state index < -0.39 is 41.2 Å². The van der Waals surface area contributed by atoms with Crippen LogP contribution in [0.15, 0.2) is 6.20 Å². The lowest BCUT2D eigenvalue weighted by Gasteiger charge is -2.14. The fourth-order valence-electron chi connectivity index (χ4n) is 1.24. The highest BCUT2D eigenvalue weighted by atomic mass is 19.4. The summed E-state index contributed by atoms with van der Waals surface area (Å²) >= 11 is 0. The van der Waals surface area contributed by atoms with E-state index in [9.17, 15) is 31.1 Å². The molecule has 0 saturated carbocycles. The normalized spacial score (nSPS) is 11.8. The summed E-state index contributed by atoms with van der Waals surface area (Å²) in [4.78, 5) is 13.7. The first-order valence-electron chi connectivity index (χ1n) is 4.32. The molecule has 0 aliphatic rings. The lowest BCUT2D eigenvalue weighted by atomic mass is 10.1. The first kappa shape index (κ1) is 14.3. The average molecular weight is 273 g/mol. The molecule has 100 valence electrons. The molecule has 18 heavy (non-hydrogen) atoms. The van der Waals surface area contributed by atoms with Crippen molar-refractivity contribution in [3.8, 4) is 0 Å². The standard InChI is InChI=1S/C9H5F6NO2/c1-18-8(17)5-4(7(11)12)3(10)2-16-6(5)9(13,14)15/h2,7H,1H3. The van der Waals surface area contributed by atoms with E-state index >= 15 is 0 Å². The second-order valence-electron chi connectivity index (χ2n) is 3.03. The highest BCUT2D eigenvalue weighted by Gasteiger charge is 2.41. The number of alkyl halides is 5. The molecule has 3 nitrogen and oxygen atoms in total. The van der Waals surface area contributed by atoms with Gasteiger partial charge >= 0.3 is 12.1 Å². The van der Waals surface area contributed by atoms with Crippen LogP contribution in [0.2, 0.25) is 0 Å². The lowest BCUT2D eigenvalue weighted by molar-refractivity contribution is -0.141. The van der Waals surface area contributed by atoms with Gasteiger partial charge in [-0.05, 0) is 0 Å². The lowest BCUT2D eigenvalue weighted by Crippen LogP contribution is -2.20. The van der Waals surface area contributed by atoms with Crippen LogP contribution >= 0.6 is 0 Å². The number of hydrogen-bond acceptors (Lipinski definition) is 3. The van der Waals surface area contributed by atoms with Crippen LogP contribution in [0.3, 0.4) is 0 Å². The van der Waals surface area contributed by atoms with Gasteiger partial charge in [0.2, 0.25) is 0 Å². The number of rotatable bonds is 2. The number of esters is 1. The third-order valence-electron chi connectivity index (χ3n) is 1.95. The summed E-state index contributed by atoms with van der Waals surface area (Å²) in [7, 11) is 0.683. The number of carbonyl (C=O) groups excluding carboxylic acids is 1. The summed E-state index contributed by atoms with van der Waals surface area (Å²) in [6, 6.07) is 0. The first-order chi connectivity index (χ1) is 8.20. The van der Waals surface area contributed by atoms with Crippen molar-refractivity contribution in [3.63, 3.8) is 0 Å². The summed E-state index contributed by atoms with van der Waals surface area (Å²) in [5.74, 6) is -3.44. The zero-order chi connectivity index (χ0) is 14.1. The Balaban J connectivity index is 3.65. The molecule has 1 aromatic rings. The van der Waals surface area contributed by atoms with Gasteiger partial charge in [0.1, 0.15) is 5.56 Å². The number of methoxy groups -OCH3 is 1. The van der Waals surface area contributed by atoms with Gasteiger partial charge in [-0.15, -0.1) is 0 Å². The topological polar surface area (TPSA) is 39.2 Å². The third-order valence-corrected chi connectivity index (χ3v) is 1.95. The number of carbonyl (C=O) groups is 1. The fraction of sp³-hybridized carbons (Fsp3) is 0.333. The van der Waals surface area contributed by atoms with Crippen molar-refractivity contribution in [1.82, 2.24) is 4.98 Å². The Morgan fingerprint density at radius 2 is 1.94 bits per heavy atom. The smallest absolute Gasteiger partial charge is 0.434 e. The second kappa shape index (κ2) is 4.83. The van der Waals surface area contributed by atoms with E-state index in [0.29, 0.717) is 7.11 Å². The summed E-state index contributed by atoms with van der Waals surface area (Å²) in [6.45, 7) is 0. The largest absolute Gasteiger partial charge is 0.465 e. The molecule has 0 radical (unpaired) electrons. The van der Waals surface area contributed by atoms with Gasteiger partial charge in [0.25, 0.3) is 6.43 Å². The Morgan fingerprint density at radius 3 is 2.33 bits per heavy atom. The van der Waals surface area contributed by atoms with Gasteiger partial charge in [-0.25, -0.2) is 22.9 Å². The molecule has 1 rings (SSSR count). The highest BCUT2D eigenvalue weighted by Crippen LogP contribution is 2.36. The molecule has 0 unspecified atom stereocenters. The van der Waals surface area contributed by atoms with Crippen LogP contribution < -0.4 is 0 Å². The molecule has 0 atom stereocenters. The molecule has 9 heteroatoms. The van der Waals surface area contributed by atoms with Crippen LogP contribution in [-0.4, -0.2) is 18.1 Å². The summed E-state index contributed by atoms with van der Waals surface area (Å²) < 4.78 is 79.5. The Morgan fingerprint density at radius 1 is 1.39 bits per heavy atom. The van der Waals surface area contributed by atoms with E-state index in [1.54, 1.807) is 0 Å². The van der Waals surface area contributed by atoms with Crippen molar-refractivity contribution < 1.29 is 35.9 Å². The molecule has 0 aliphatic carbocycles. The van der Waals surface area contributed by atoms with Crippen LogP contribution in [0.1, 0.15) is 28.0 Å². The van der Waals surface area contributed by atoms with Crippen molar-refractivity contribution in [2.75, 3.05) is 7.11 Å². The quantitative estimate of drug-likeness (QED) is 0.614. The Bertz CT molecular complexity index is 471. The van der Waals surface area contributed by atoms with Gasteiger partial charge in [-0.1, -0.05) is 0 Å². The summed E-state index contributed by atoms with van der Waals surface area (Å²) in [6.07, 6.45) is -8.80. The van der Waals surface area contributed by atoms with Gasteiger partial charge in [0, 0.05) is 0 Å². The number of aromatic nitrogens is 1. The number of hydrogen-bond donors (Lipinski definition) is 0. The van der Waals surface area contributed by atoms with Gasteiger partial charge in [0.05, 0.1) is 18.9 Å². The van der Waals surface area contributed by atoms with E-state index in [1.807, 2.05) is 0 Å². The van der Waals surface area contributed by atoms with Crippen LogP contribution in [-0.2, 0) is 10.9 Å². The molecule has 0 spiro atoms. The molecule has 0 saturated heterocycles. The third kappa shape index (κ3) is 2.54. The minimum atomic E-state index is -5.18. The number of halogens is 6. The van der Waals surface area contributed by atoms with Crippen molar-refractivity contribution in [2.24, 2.45) is 0 Å². The maximum Gasteiger partial charge on any atom is 0.434 e. The predicted molar refractivity (Wildman–Crippen MR) is 45.5 cm³/mol. The molecule has 0 aliphatic heterocycles.